The van der Waals surface area contributed by atoms with Gasteiger partial charge in [0.05, 0.1) is 18.3 Å². The smallest absolute Gasteiger partial charge is 0.223 e. The molecule has 0 aromatic carbocycles. The normalized spacial score (nSPS) is 30.9. The summed E-state index contributed by atoms with van der Waals surface area (Å²) in [5.41, 5.74) is 4.26. The van der Waals surface area contributed by atoms with Crippen LogP contribution < -0.4 is 0 Å². The zero-order valence-corrected chi connectivity index (χ0v) is 17.2. The molecule has 150 valence electrons. The summed E-state index contributed by atoms with van der Waals surface area (Å²) >= 11 is 0. The number of nitrogens with zero attached hydrogens (tertiary/aromatic N) is 4. The first-order chi connectivity index (χ1) is 13.4. The largest absolute Gasteiger partial charge is 0.391 e. The SMILES string of the molecule is Cc1nc2c(cnn2C(C)C)c(C)c1CCC(=O)N1C[C@@H]2C[C@H]3C[C@H]2[C@@H]1[C@H]3O. The number of aromatic nitrogens is 3. The molecule has 5 atom stereocenters. The van der Waals surface area contributed by atoms with Crippen molar-refractivity contribution in [2.24, 2.45) is 17.8 Å². The molecule has 2 saturated carbocycles. The van der Waals surface area contributed by atoms with Gasteiger partial charge in [-0.2, -0.15) is 5.10 Å². The quantitative estimate of drug-likeness (QED) is 0.883. The highest BCUT2D eigenvalue weighted by Gasteiger charge is 2.59. The molecule has 5 rings (SSSR count). The molecule has 2 aliphatic carbocycles. The first-order valence-corrected chi connectivity index (χ1v) is 10.7. The standard InChI is InChI=1S/C22H30N4O2/c1-11(2)26-22-18(9-23-26)12(3)16(13(4)24-22)5-6-19(27)25-10-15-7-14-8-17(15)20(25)21(14)28/h9,11,14-15,17,20-21,28H,5-8,10H2,1-4H3/t14-,15-,17+,20+,21-/m0/s1. The Labute approximate surface area is 165 Å². The van der Waals surface area contributed by atoms with E-state index in [1.807, 2.05) is 22.7 Å². The van der Waals surface area contributed by atoms with Crippen LogP contribution in [0.4, 0.5) is 0 Å². The van der Waals surface area contributed by atoms with Crippen LogP contribution in [-0.4, -0.2) is 49.4 Å². The molecule has 0 spiro atoms. The van der Waals surface area contributed by atoms with Crippen LogP contribution in [0.1, 0.15) is 56.0 Å². The fraction of sp³-hybridized carbons (Fsp3) is 0.682. The van der Waals surface area contributed by atoms with Crippen LogP contribution in [-0.2, 0) is 11.2 Å². The van der Waals surface area contributed by atoms with Crippen molar-refractivity contribution in [3.05, 3.63) is 23.0 Å². The molecule has 2 bridgehead atoms. The van der Waals surface area contributed by atoms with Crippen molar-refractivity contribution < 1.29 is 9.90 Å². The summed E-state index contributed by atoms with van der Waals surface area (Å²) in [4.78, 5) is 19.8. The Morgan fingerprint density at radius 1 is 1.29 bits per heavy atom. The van der Waals surface area contributed by atoms with E-state index in [-0.39, 0.29) is 24.1 Å². The number of hydrogen-bond acceptors (Lipinski definition) is 4. The number of aliphatic hydroxyl groups excluding tert-OH is 1. The summed E-state index contributed by atoms with van der Waals surface area (Å²) in [5.74, 6) is 1.76. The Balaban J connectivity index is 1.36. The van der Waals surface area contributed by atoms with Crippen LogP contribution in [0.5, 0.6) is 0 Å². The molecule has 6 nitrogen and oxygen atoms in total. The Bertz CT molecular complexity index is 948. The van der Waals surface area contributed by atoms with Gasteiger partial charge in [0.2, 0.25) is 5.91 Å². The van der Waals surface area contributed by atoms with Crippen molar-refractivity contribution in [1.82, 2.24) is 19.7 Å². The molecule has 1 N–H and O–H groups in total. The number of carbonyl (C=O) groups is 1. The summed E-state index contributed by atoms with van der Waals surface area (Å²) in [7, 11) is 0. The first-order valence-electron chi connectivity index (χ1n) is 10.7. The van der Waals surface area contributed by atoms with Crippen molar-refractivity contribution in [3.8, 4) is 0 Å². The van der Waals surface area contributed by atoms with Gasteiger partial charge in [0.1, 0.15) is 0 Å². The van der Waals surface area contributed by atoms with Gasteiger partial charge in [0, 0.05) is 30.1 Å². The highest BCUT2D eigenvalue weighted by molar-refractivity contribution is 5.81. The van der Waals surface area contributed by atoms with E-state index in [0.717, 1.165) is 41.7 Å². The van der Waals surface area contributed by atoms with Crippen molar-refractivity contribution in [1.29, 1.82) is 0 Å². The van der Waals surface area contributed by atoms with Gasteiger partial charge in [-0.05, 0) is 75.8 Å². The topological polar surface area (TPSA) is 71.2 Å². The number of rotatable bonds is 4. The Morgan fingerprint density at radius 2 is 2.07 bits per heavy atom. The first kappa shape index (κ1) is 18.1. The van der Waals surface area contributed by atoms with Crippen LogP contribution >= 0.6 is 0 Å². The van der Waals surface area contributed by atoms with Crippen molar-refractivity contribution >= 4 is 16.9 Å². The second-order valence-electron chi connectivity index (χ2n) is 9.40. The Hall–Kier alpha value is -1.95. The van der Waals surface area contributed by atoms with Crippen molar-refractivity contribution in [2.45, 2.75) is 71.6 Å². The van der Waals surface area contributed by atoms with E-state index in [2.05, 4.69) is 25.9 Å². The highest BCUT2D eigenvalue weighted by Crippen LogP contribution is 2.55. The molecule has 2 aromatic heterocycles. The predicted molar refractivity (Wildman–Crippen MR) is 107 cm³/mol. The van der Waals surface area contributed by atoms with Crippen molar-refractivity contribution in [3.63, 3.8) is 0 Å². The maximum atomic E-state index is 13.0. The van der Waals surface area contributed by atoms with Crippen LogP contribution in [0.25, 0.3) is 11.0 Å². The number of hydrogen-bond donors (Lipinski definition) is 1. The van der Waals surface area contributed by atoms with E-state index in [1.165, 1.54) is 5.56 Å². The highest BCUT2D eigenvalue weighted by atomic mass is 16.3. The third-order valence-corrected chi connectivity index (χ3v) is 7.58. The maximum absolute atomic E-state index is 13.0. The van der Waals surface area contributed by atoms with E-state index >= 15 is 0 Å². The van der Waals surface area contributed by atoms with Crippen LogP contribution in [0.15, 0.2) is 6.20 Å². The summed E-state index contributed by atoms with van der Waals surface area (Å²) < 4.78 is 1.96. The van der Waals surface area contributed by atoms with Gasteiger partial charge in [-0.1, -0.05) is 0 Å². The third kappa shape index (κ3) is 2.46. The molecule has 1 amide bonds. The third-order valence-electron chi connectivity index (χ3n) is 7.58. The second kappa shape index (κ2) is 6.28. The number of pyridine rings is 1. The summed E-state index contributed by atoms with van der Waals surface area (Å²) in [5, 5.41) is 16.1. The van der Waals surface area contributed by atoms with Gasteiger partial charge in [0.25, 0.3) is 0 Å². The van der Waals surface area contributed by atoms with Gasteiger partial charge in [-0.15, -0.1) is 0 Å². The number of aliphatic hydroxyl groups is 1. The molecule has 1 saturated heterocycles. The van der Waals surface area contributed by atoms with Gasteiger partial charge in [0.15, 0.2) is 5.65 Å². The number of aryl methyl sites for hydroxylation is 2. The number of fused-ring (bicyclic) bond motifs is 2. The molecule has 3 fully saturated rings. The van der Waals surface area contributed by atoms with Gasteiger partial charge in [-0.3, -0.25) is 4.79 Å². The minimum absolute atomic E-state index is 0.0725. The maximum Gasteiger partial charge on any atom is 0.223 e. The molecule has 3 aliphatic rings. The summed E-state index contributed by atoms with van der Waals surface area (Å²) in [6.07, 6.45) is 4.99. The van der Waals surface area contributed by atoms with E-state index in [1.54, 1.807) is 0 Å². The van der Waals surface area contributed by atoms with E-state index in [0.29, 0.717) is 30.6 Å². The number of likely N-dealkylation sites (tertiary alicyclic amines) is 1. The average molecular weight is 383 g/mol. The van der Waals surface area contributed by atoms with E-state index in [9.17, 15) is 9.90 Å². The molecular weight excluding hydrogens is 352 g/mol. The monoisotopic (exact) mass is 382 g/mol. The van der Waals surface area contributed by atoms with Gasteiger partial charge < -0.3 is 10.0 Å². The zero-order chi connectivity index (χ0) is 19.7. The van der Waals surface area contributed by atoms with E-state index in [4.69, 9.17) is 4.98 Å². The van der Waals surface area contributed by atoms with Crippen molar-refractivity contribution in [2.75, 3.05) is 6.54 Å². The lowest BCUT2D eigenvalue weighted by Gasteiger charge is -2.29. The van der Waals surface area contributed by atoms with Gasteiger partial charge in [-0.25, -0.2) is 9.67 Å². The second-order valence-corrected chi connectivity index (χ2v) is 9.40. The summed E-state index contributed by atoms with van der Waals surface area (Å²) in [6.45, 7) is 9.21. The molecule has 3 heterocycles. The van der Waals surface area contributed by atoms with Crippen LogP contribution in [0.2, 0.25) is 0 Å². The molecule has 1 aliphatic heterocycles. The molecule has 28 heavy (non-hydrogen) atoms. The lowest BCUT2D eigenvalue weighted by atomic mass is 9.88. The predicted octanol–water partition coefficient (Wildman–Crippen LogP) is 2.79. The molecule has 0 unspecified atom stereocenters. The average Bonchev–Trinajstić information content (AvgIpc) is 3.35. The fourth-order valence-electron chi connectivity index (χ4n) is 6.21. The minimum Gasteiger partial charge on any atom is -0.391 e. The lowest BCUT2D eigenvalue weighted by molar-refractivity contribution is -0.134. The van der Waals surface area contributed by atoms with Crippen LogP contribution in [0.3, 0.4) is 0 Å². The van der Waals surface area contributed by atoms with Gasteiger partial charge >= 0.3 is 0 Å². The Kier molecular flexibility index (Phi) is 4.06. The molecule has 6 heteroatoms. The van der Waals surface area contributed by atoms with E-state index < -0.39 is 0 Å². The lowest BCUT2D eigenvalue weighted by Crippen LogP contribution is -2.43. The molecule has 2 aromatic rings. The zero-order valence-electron chi connectivity index (χ0n) is 17.2. The number of carbonyl (C=O) groups excluding carboxylic acids is 1. The minimum atomic E-state index is -0.309. The fourth-order valence-corrected chi connectivity index (χ4v) is 6.21. The summed E-state index contributed by atoms with van der Waals surface area (Å²) in [6, 6.07) is 0.340. The van der Waals surface area contributed by atoms with Crippen LogP contribution in [0, 0.1) is 31.6 Å². The number of amides is 1. The molecule has 0 radical (unpaired) electrons. The Morgan fingerprint density at radius 3 is 2.79 bits per heavy atom. The molecular formula is C22H30N4O2.